The van der Waals surface area contributed by atoms with E-state index in [2.05, 4.69) is 22.4 Å². The van der Waals surface area contributed by atoms with Crippen molar-refractivity contribution in [2.75, 3.05) is 11.1 Å². The van der Waals surface area contributed by atoms with E-state index in [9.17, 15) is 4.79 Å². The van der Waals surface area contributed by atoms with Crippen LogP contribution < -0.4 is 10.1 Å². The minimum absolute atomic E-state index is 0.0195. The van der Waals surface area contributed by atoms with Gasteiger partial charge in [0.1, 0.15) is 5.75 Å². The van der Waals surface area contributed by atoms with Crippen LogP contribution in [0.15, 0.2) is 28.7 Å². The molecule has 0 aliphatic carbocycles. The second-order valence-electron chi connectivity index (χ2n) is 5.38. The predicted octanol–water partition coefficient (Wildman–Crippen LogP) is 3.82. The average molecular weight is 349 g/mol. The van der Waals surface area contributed by atoms with E-state index in [1.807, 2.05) is 19.1 Å². The molecule has 0 fully saturated rings. The number of carbonyl (C=O) groups excluding carboxylic acids is 1. The van der Waals surface area contributed by atoms with E-state index in [1.165, 1.54) is 0 Å². The summed E-state index contributed by atoms with van der Waals surface area (Å²) in [4.78, 5) is 12.1. The van der Waals surface area contributed by atoms with Gasteiger partial charge in [0, 0.05) is 12.6 Å². The summed E-state index contributed by atoms with van der Waals surface area (Å²) in [6.45, 7) is 6.03. The monoisotopic (exact) mass is 349 g/mol. The Hall–Kier alpha value is -2.02. The summed E-state index contributed by atoms with van der Waals surface area (Å²) >= 11 is 1.68. The van der Waals surface area contributed by atoms with Crippen LogP contribution >= 0.6 is 11.8 Å². The first-order chi connectivity index (χ1) is 11.6. The minimum Gasteiger partial charge on any atom is -0.484 e. The Morgan fingerprint density at radius 3 is 2.71 bits per heavy atom. The summed E-state index contributed by atoms with van der Waals surface area (Å²) < 4.78 is 10.8. The summed E-state index contributed by atoms with van der Waals surface area (Å²) in [5.41, 5.74) is 0.754. The van der Waals surface area contributed by atoms with Crippen LogP contribution in [0, 0.1) is 6.92 Å². The van der Waals surface area contributed by atoms with Gasteiger partial charge in [0.2, 0.25) is 11.8 Å². The lowest BCUT2D eigenvalue weighted by molar-refractivity contribution is -0.115. The molecule has 1 amide bonds. The zero-order valence-electron chi connectivity index (χ0n) is 14.2. The Morgan fingerprint density at radius 1 is 1.33 bits per heavy atom. The molecule has 0 saturated carbocycles. The van der Waals surface area contributed by atoms with E-state index in [4.69, 9.17) is 9.15 Å². The minimum atomic E-state index is -0.0618. The van der Waals surface area contributed by atoms with E-state index in [0.717, 1.165) is 24.3 Å². The largest absolute Gasteiger partial charge is 0.484 e. The van der Waals surface area contributed by atoms with Gasteiger partial charge in [-0.15, -0.1) is 22.0 Å². The Bertz CT molecular complexity index is 643. The van der Waals surface area contributed by atoms with Crippen molar-refractivity contribution in [1.82, 2.24) is 10.2 Å². The Morgan fingerprint density at radius 2 is 2.08 bits per heavy atom. The van der Waals surface area contributed by atoms with Crippen molar-refractivity contribution < 1.29 is 13.9 Å². The Labute approximate surface area is 146 Å². The number of ether oxygens (including phenoxy) is 1. The predicted molar refractivity (Wildman–Crippen MR) is 95.3 cm³/mol. The zero-order valence-corrected chi connectivity index (χ0v) is 15.1. The lowest BCUT2D eigenvalue weighted by atomic mass is 10.3. The van der Waals surface area contributed by atoms with Gasteiger partial charge in [-0.25, -0.2) is 0 Å². The van der Waals surface area contributed by atoms with Gasteiger partial charge in [-0.1, -0.05) is 13.3 Å². The van der Waals surface area contributed by atoms with E-state index >= 15 is 0 Å². The normalized spacial score (nSPS) is 12.0. The Kier molecular flexibility index (Phi) is 7.11. The van der Waals surface area contributed by atoms with Crippen LogP contribution in [0.1, 0.15) is 38.5 Å². The number of hydrogen-bond donors (Lipinski definition) is 1. The number of rotatable bonds is 9. The fraction of sp³-hybridized carbons (Fsp3) is 0.471. The molecule has 0 saturated heterocycles. The molecule has 7 heteroatoms. The van der Waals surface area contributed by atoms with E-state index in [0.29, 0.717) is 17.5 Å². The third-order valence-corrected chi connectivity index (χ3v) is 4.53. The first-order valence-electron chi connectivity index (χ1n) is 8.02. The first kappa shape index (κ1) is 18.3. The second-order valence-corrected chi connectivity index (χ2v) is 6.83. The highest BCUT2D eigenvalue weighted by atomic mass is 32.2. The quantitative estimate of drug-likeness (QED) is 0.694. The SMILES string of the molecule is CCCCS[C@H](C)C(=O)Nc1ccc(OCc2nnc(C)o2)cc1. The van der Waals surface area contributed by atoms with E-state index < -0.39 is 0 Å². The number of amides is 1. The number of nitrogens with one attached hydrogen (secondary N) is 1. The van der Waals surface area contributed by atoms with Gasteiger partial charge in [-0.3, -0.25) is 4.79 Å². The second kappa shape index (κ2) is 9.32. The van der Waals surface area contributed by atoms with Crippen molar-refractivity contribution in [2.24, 2.45) is 0 Å². The molecule has 2 aromatic rings. The van der Waals surface area contributed by atoms with Gasteiger partial charge in [-0.05, 0) is 43.4 Å². The molecule has 24 heavy (non-hydrogen) atoms. The maximum atomic E-state index is 12.1. The number of hydrogen-bond acceptors (Lipinski definition) is 6. The fourth-order valence-corrected chi connectivity index (χ4v) is 2.92. The highest BCUT2D eigenvalue weighted by molar-refractivity contribution is 8.00. The van der Waals surface area contributed by atoms with Crippen LogP contribution in [0.4, 0.5) is 5.69 Å². The molecule has 0 aliphatic rings. The molecule has 1 aromatic carbocycles. The fourth-order valence-electron chi connectivity index (χ4n) is 1.90. The molecule has 1 N–H and O–H groups in total. The highest BCUT2D eigenvalue weighted by Crippen LogP contribution is 2.19. The van der Waals surface area contributed by atoms with Crippen LogP contribution in [0.25, 0.3) is 0 Å². The molecule has 0 bridgehead atoms. The van der Waals surface area contributed by atoms with Gasteiger partial charge in [0.15, 0.2) is 6.61 Å². The smallest absolute Gasteiger partial charge is 0.253 e. The number of aromatic nitrogens is 2. The van der Waals surface area contributed by atoms with Crippen molar-refractivity contribution >= 4 is 23.4 Å². The molecule has 2 rings (SSSR count). The summed E-state index contributed by atoms with van der Waals surface area (Å²) in [5.74, 6) is 2.65. The molecule has 1 aromatic heterocycles. The van der Waals surface area contributed by atoms with Crippen molar-refractivity contribution in [3.05, 3.63) is 36.0 Å². The van der Waals surface area contributed by atoms with Gasteiger partial charge in [0.25, 0.3) is 5.89 Å². The first-order valence-corrected chi connectivity index (χ1v) is 9.07. The molecule has 1 heterocycles. The maximum absolute atomic E-state index is 12.1. The van der Waals surface area contributed by atoms with Crippen molar-refractivity contribution in [3.8, 4) is 5.75 Å². The summed E-state index contributed by atoms with van der Waals surface area (Å²) in [6.07, 6.45) is 2.28. The summed E-state index contributed by atoms with van der Waals surface area (Å²) in [6, 6.07) is 7.23. The third-order valence-electron chi connectivity index (χ3n) is 3.29. The van der Waals surface area contributed by atoms with Crippen LogP contribution in [0.2, 0.25) is 0 Å². The highest BCUT2D eigenvalue weighted by Gasteiger charge is 2.13. The van der Waals surface area contributed by atoms with Gasteiger partial charge < -0.3 is 14.5 Å². The molecule has 6 nitrogen and oxygen atoms in total. The maximum Gasteiger partial charge on any atom is 0.253 e. The molecule has 130 valence electrons. The molecule has 0 radical (unpaired) electrons. The van der Waals surface area contributed by atoms with Gasteiger partial charge in [0.05, 0.1) is 5.25 Å². The van der Waals surface area contributed by atoms with Gasteiger partial charge in [-0.2, -0.15) is 0 Å². The van der Waals surface area contributed by atoms with Gasteiger partial charge >= 0.3 is 0 Å². The molecule has 0 unspecified atom stereocenters. The number of aryl methyl sites for hydroxylation is 1. The summed E-state index contributed by atoms with van der Waals surface area (Å²) in [7, 11) is 0. The standard InChI is InChI=1S/C17H23N3O3S/c1-4-5-10-24-12(2)17(21)18-14-6-8-15(9-7-14)22-11-16-20-19-13(3)23-16/h6-9,12H,4-5,10-11H2,1-3H3,(H,18,21)/t12-/m1/s1. The lowest BCUT2D eigenvalue weighted by Crippen LogP contribution is -2.22. The van der Waals surface area contributed by atoms with E-state index in [1.54, 1.807) is 30.8 Å². The summed E-state index contributed by atoms with van der Waals surface area (Å²) in [5, 5.41) is 10.5. The molecular formula is C17H23N3O3S. The van der Waals surface area contributed by atoms with Crippen molar-refractivity contribution in [3.63, 3.8) is 0 Å². The van der Waals surface area contributed by atoms with E-state index in [-0.39, 0.29) is 17.8 Å². The number of unbranched alkanes of at least 4 members (excludes halogenated alkanes) is 1. The molecular weight excluding hydrogens is 326 g/mol. The number of nitrogens with zero attached hydrogens (tertiary/aromatic N) is 2. The topological polar surface area (TPSA) is 77.2 Å². The van der Waals surface area contributed by atoms with Crippen LogP contribution in [0.5, 0.6) is 5.75 Å². The van der Waals surface area contributed by atoms with Crippen molar-refractivity contribution in [2.45, 2.75) is 45.5 Å². The van der Waals surface area contributed by atoms with Crippen LogP contribution in [0.3, 0.4) is 0 Å². The lowest BCUT2D eigenvalue weighted by Gasteiger charge is -2.12. The van der Waals surface area contributed by atoms with Crippen LogP contribution in [-0.4, -0.2) is 27.1 Å². The number of anilines is 1. The molecule has 0 aliphatic heterocycles. The number of benzene rings is 1. The molecule has 0 spiro atoms. The average Bonchev–Trinajstić information content (AvgIpc) is 2.99. The third kappa shape index (κ3) is 5.88. The van der Waals surface area contributed by atoms with Crippen LogP contribution in [-0.2, 0) is 11.4 Å². The zero-order chi connectivity index (χ0) is 17.4. The van der Waals surface area contributed by atoms with Crippen molar-refractivity contribution in [1.29, 1.82) is 0 Å². The Balaban J connectivity index is 1.79. The number of carbonyl (C=O) groups is 1. The number of thioether (sulfide) groups is 1. The molecule has 1 atom stereocenters.